The number of fused-ring (bicyclic) bond motifs is 4. The van der Waals surface area contributed by atoms with Crippen molar-refractivity contribution in [1.82, 2.24) is 24.9 Å². The van der Waals surface area contributed by atoms with Crippen LogP contribution in [0, 0.1) is 23.6 Å². The summed E-state index contributed by atoms with van der Waals surface area (Å²) in [6, 6.07) is 3.20. The van der Waals surface area contributed by atoms with E-state index in [0.29, 0.717) is 41.4 Å². The second-order valence-electron chi connectivity index (χ2n) is 8.88. The van der Waals surface area contributed by atoms with E-state index in [4.69, 9.17) is 15.5 Å². The monoisotopic (exact) mass is 448 g/mol. The van der Waals surface area contributed by atoms with Crippen molar-refractivity contribution in [2.75, 3.05) is 36.9 Å². The molecule has 1 aliphatic carbocycles. The first-order valence-corrected chi connectivity index (χ1v) is 11.2. The summed E-state index contributed by atoms with van der Waals surface area (Å²) in [4.78, 5) is 23.0. The third-order valence-corrected chi connectivity index (χ3v) is 7.11. The fourth-order valence-electron chi connectivity index (χ4n) is 5.58. The molecule has 1 saturated carbocycles. The molecule has 170 valence electrons. The van der Waals surface area contributed by atoms with Crippen molar-refractivity contribution in [3.05, 3.63) is 36.7 Å². The molecule has 2 fully saturated rings. The molecular weight excluding hydrogens is 423 g/mol. The minimum atomic E-state index is -0.318. The lowest BCUT2D eigenvalue weighted by Crippen LogP contribution is -2.26. The highest BCUT2D eigenvalue weighted by atomic mass is 19.1. The van der Waals surface area contributed by atoms with Crippen molar-refractivity contribution in [1.29, 1.82) is 0 Å². The van der Waals surface area contributed by atoms with Crippen LogP contribution >= 0.6 is 0 Å². The number of aromatic amines is 1. The van der Waals surface area contributed by atoms with Crippen LogP contribution in [-0.2, 0) is 0 Å². The van der Waals surface area contributed by atoms with Crippen molar-refractivity contribution in [2.24, 2.45) is 23.5 Å². The van der Waals surface area contributed by atoms with Gasteiger partial charge in [0.15, 0.2) is 5.75 Å². The van der Waals surface area contributed by atoms with E-state index in [1.807, 2.05) is 0 Å². The number of anilines is 2. The van der Waals surface area contributed by atoms with Crippen LogP contribution in [0.5, 0.6) is 11.8 Å². The van der Waals surface area contributed by atoms with Gasteiger partial charge in [0, 0.05) is 25.5 Å². The van der Waals surface area contributed by atoms with E-state index in [2.05, 4.69) is 30.2 Å². The Hall–Kier alpha value is -3.53. The summed E-state index contributed by atoms with van der Waals surface area (Å²) in [5.74, 6) is 2.54. The lowest BCUT2D eigenvalue weighted by Gasteiger charge is -2.22. The summed E-state index contributed by atoms with van der Waals surface area (Å²) in [5, 5.41) is 4.60. The molecule has 10 heteroatoms. The van der Waals surface area contributed by atoms with Gasteiger partial charge in [-0.3, -0.25) is 0 Å². The molecule has 4 N–H and O–H groups in total. The van der Waals surface area contributed by atoms with Crippen LogP contribution in [0.4, 0.5) is 15.9 Å². The van der Waals surface area contributed by atoms with Gasteiger partial charge in [0.1, 0.15) is 23.6 Å². The van der Waals surface area contributed by atoms with E-state index in [1.54, 1.807) is 19.4 Å². The molecule has 3 aromatic heterocycles. The Morgan fingerprint density at radius 2 is 2.06 bits per heavy atom. The molecule has 9 nitrogen and oxygen atoms in total. The molecular formula is C23H25FN8O. The summed E-state index contributed by atoms with van der Waals surface area (Å²) in [6.07, 6.45) is 6.92. The number of nitrogens with two attached hydrogens (primary N) is 1. The first-order valence-electron chi connectivity index (χ1n) is 11.2. The predicted molar refractivity (Wildman–Crippen MR) is 124 cm³/mol. The number of rotatable bonds is 5. The van der Waals surface area contributed by atoms with E-state index >= 15 is 0 Å². The van der Waals surface area contributed by atoms with Crippen LogP contribution in [0.2, 0.25) is 0 Å². The van der Waals surface area contributed by atoms with E-state index in [-0.39, 0.29) is 11.8 Å². The van der Waals surface area contributed by atoms with Gasteiger partial charge in [-0.1, -0.05) is 0 Å². The second-order valence-corrected chi connectivity index (χ2v) is 8.88. The zero-order valence-corrected chi connectivity index (χ0v) is 18.3. The SMILES string of the molecule is CNc1cc(F)cc2c1[nH]c1nc(Oc3cncnc3)nc(N3C[C@H]4CCC(CN)[C@H]4C3)c12. The maximum Gasteiger partial charge on any atom is 0.326 e. The summed E-state index contributed by atoms with van der Waals surface area (Å²) < 4.78 is 20.4. The zero-order chi connectivity index (χ0) is 22.5. The molecule has 1 aliphatic heterocycles. The van der Waals surface area contributed by atoms with E-state index < -0.39 is 0 Å². The third-order valence-electron chi connectivity index (χ3n) is 7.11. The first-order chi connectivity index (χ1) is 16.1. The molecule has 33 heavy (non-hydrogen) atoms. The lowest BCUT2D eigenvalue weighted by molar-refractivity contribution is 0.386. The van der Waals surface area contributed by atoms with E-state index in [1.165, 1.54) is 31.3 Å². The van der Waals surface area contributed by atoms with Gasteiger partial charge in [0.2, 0.25) is 0 Å². The standard InChI is InChI=1S/C23H25FN8O/c1-26-18-5-14(24)4-16-19-21(29-20(16)18)30-23(33-15-7-27-11-28-8-15)31-22(19)32-9-13-3-2-12(6-25)17(13)10-32/h4-5,7-8,11-13,17,26H,2-3,6,9-10,25H2,1H3,(H,29,30,31)/t12?,13-,17-/m1/s1. The summed E-state index contributed by atoms with van der Waals surface area (Å²) in [5.41, 5.74) is 8.09. The predicted octanol–water partition coefficient (Wildman–Crippen LogP) is 3.30. The topological polar surface area (TPSA) is 118 Å². The highest BCUT2D eigenvalue weighted by Crippen LogP contribution is 2.45. The summed E-state index contributed by atoms with van der Waals surface area (Å²) in [6.45, 7) is 2.47. The maximum atomic E-state index is 14.5. The van der Waals surface area contributed by atoms with Crippen molar-refractivity contribution in [2.45, 2.75) is 12.8 Å². The molecule has 0 radical (unpaired) electrons. The largest absolute Gasteiger partial charge is 0.421 e. The fraction of sp³-hybridized carbons (Fsp3) is 0.391. The normalized spacial score (nSPS) is 22.3. The summed E-state index contributed by atoms with van der Waals surface area (Å²) in [7, 11) is 1.77. The average Bonchev–Trinajstić information content (AvgIpc) is 3.51. The van der Waals surface area contributed by atoms with Gasteiger partial charge in [0.05, 0.1) is 29.0 Å². The van der Waals surface area contributed by atoms with Gasteiger partial charge in [0.25, 0.3) is 0 Å². The Morgan fingerprint density at radius 3 is 2.85 bits per heavy atom. The van der Waals surface area contributed by atoms with Crippen LogP contribution in [0.25, 0.3) is 21.9 Å². The average molecular weight is 449 g/mol. The molecule has 0 spiro atoms. The summed E-state index contributed by atoms with van der Waals surface area (Å²) >= 11 is 0. The van der Waals surface area contributed by atoms with E-state index in [9.17, 15) is 4.39 Å². The highest BCUT2D eigenvalue weighted by Gasteiger charge is 2.43. The van der Waals surface area contributed by atoms with Gasteiger partial charge in [-0.25, -0.2) is 14.4 Å². The highest BCUT2D eigenvalue weighted by molar-refractivity contribution is 6.14. The Bertz CT molecular complexity index is 1330. The van der Waals surface area contributed by atoms with Gasteiger partial charge in [-0.05, 0) is 49.3 Å². The number of halogens is 1. The molecule has 4 aromatic rings. The molecule has 0 amide bonds. The maximum absolute atomic E-state index is 14.5. The van der Waals surface area contributed by atoms with E-state index in [0.717, 1.165) is 35.2 Å². The molecule has 4 heterocycles. The fourth-order valence-corrected chi connectivity index (χ4v) is 5.58. The lowest BCUT2D eigenvalue weighted by atomic mass is 9.93. The minimum Gasteiger partial charge on any atom is -0.421 e. The van der Waals surface area contributed by atoms with Crippen LogP contribution in [0.15, 0.2) is 30.9 Å². The number of H-pyrrole nitrogens is 1. The number of nitrogens with one attached hydrogen (secondary N) is 2. The van der Waals surface area contributed by atoms with Crippen LogP contribution in [0.3, 0.4) is 0 Å². The van der Waals surface area contributed by atoms with Crippen LogP contribution in [0.1, 0.15) is 12.8 Å². The van der Waals surface area contributed by atoms with Gasteiger partial charge in [-0.15, -0.1) is 0 Å². The molecule has 1 unspecified atom stereocenters. The Morgan fingerprint density at radius 1 is 1.21 bits per heavy atom. The molecule has 2 aliphatic rings. The zero-order valence-electron chi connectivity index (χ0n) is 18.3. The third kappa shape index (κ3) is 3.32. The van der Waals surface area contributed by atoms with Gasteiger partial charge in [-0.2, -0.15) is 9.97 Å². The minimum absolute atomic E-state index is 0.192. The molecule has 1 saturated heterocycles. The molecule has 3 atom stereocenters. The van der Waals surface area contributed by atoms with Crippen molar-refractivity contribution in [3.8, 4) is 11.8 Å². The smallest absolute Gasteiger partial charge is 0.326 e. The number of hydrogen-bond acceptors (Lipinski definition) is 8. The molecule has 6 rings (SSSR count). The van der Waals surface area contributed by atoms with Gasteiger partial charge >= 0.3 is 6.01 Å². The van der Waals surface area contributed by atoms with Crippen LogP contribution in [-0.4, -0.2) is 51.6 Å². The van der Waals surface area contributed by atoms with Gasteiger partial charge < -0.3 is 25.7 Å². The first kappa shape index (κ1) is 20.1. The Labute approximate surface area is 189 Å². The number of aromatic nitrogens is 5. The quantitative estimate of drug-likeness (QED) is 0.426. The number of hydrogen-bond donors (Lipinski definition) is 3. The van der Waals surface area contributed by atoms with Crippen molar-refractivity contribution >= 4 is 33.4 Å². The second kappa shape index (κ2) is 7.80. The number of nitrogens with zero attached hydrogens (tertiary/aromatic N) is 5. The molecule has 1 aromatic carbocycles. The number of ether oxygens (including phenoxy) is 1. The Kier molecular flexibility index (Phi) is 4.75. The Balaban J connectivity index is 1.52. The number of benzene rings is 1. The van der Waals surface area contributed by atoms with Crippen LogP contribution < -0.4 is 20.7 Å². The molecule has 0 bridgehead atoms. The van der Waals surface area contributed by atoms with Crippen molar-refractivity contribution < 1.29 is 9.13 Å². The van der Waals surface area contributed by atoms with Crippen molar-refractivity contribution in [3.63, 3.8) is 0 Å².